The molecule has 12 rings (SSSR count). The predicted octanol–water partition coefficient (Wildman–Crippen LogP) is 17.2. The highest BCUT2D eigenvalue weighted by Gasteiger charge is 2.23. The Morgan fingerprint density at radius 2 is 0.790 bits per heavy atom. The van der Waals surface area contributed by atoms with E-state index in [1.807, 2.05) is 0 Å². The van der Waals surface area contributed by atoms with Gasteiger partial charge in [-0.2, -0.15) is 0 Å². The molecule has 11 aromatic carbocycles. The van der Waals surface area contributed by atoms with E-state index in [0.29, 0.717) is 0 Å². The Balaban J connectivity index is 1.01. The molecule has 0 fully saturated rings. The van der Waals surface area contributed by atoms with Crippen LogP contribution in [0.1, 0.15) is 0 Å². The van der Waals surface area contributed by atoms with E-state index in [4.69, 9.17) is 4.42 Å². The van der Waals surface area contributed by atoms with Crippen molar-refractivity contribution >= 4 is 71.1 Å². The number of furan rings is 1. The number of anilines is 3. The molecule has 2 heteroatoms. The minimum atomic E-state index is 0.870. The Kier molecular flexibility index (Phi) is 8.53. The van der Waals surface area contributed by atoms with Gasteiger partial charge in [0.25, 0.3) is 0 Å². The third-order valence-electron chi connectivity index (χ3n) is 12.4. The fourth-order valence-electron chi connectivity index (χ4n) is 9.50. The van der Waals surface area contributed by atoms with Crippen LogP contribution in [0.15, 0.2) is 241 Å². The van der Waals surface area contributed by atoms with Crippen molar-refractivity contribution in [3.05, 3.63) is 237 Å². The maximum absolute atomic E-state index is 7.12. The quantitative estimate of drug-likeness (QED) is 0.150. The molecule has 0 aliphatic heterocycles. The van der Waals surface area contributed by atoms with Gasteiger partial charge in [-0.05, 0) is 108 Å². The molecule has 0 N–H and O–H groups in total. The molecule has 62 heavy (non-hydrogen) atoms. The van der Waals surface area contributed by atoms with Gasteiger partial charge in [0.05, 0.1) is 0 Å². The summed E-state index contributed by atoms with van der Waals surface area (Å²) in [5.41, 5.74) is 12.1. The second-order valence-electron chi connectivity index (χ2n) is 16.0. The van der Waals surface area contributed by atoms with Crippen molar-refractivity contribution in [2.75, 3.05) is 4.90 Å². The van der Waals surface area contributed by atoms with E-state index >= 15 is 0 Å². The van der Waals surface area contributed by atoms with Crippen molar-refractivity contribution in [1.82, 2.24) is 0 Å². The van der Waals surface area contributed by atoms with Crippen molar-refractivity contribution in [3.8, 4) is 44.7 Å². The second-order valence-corrected chi connectivity index (χ2v) is 16.0. The number of rotatable bonds is 7. The zero-order chi connectivity index (χ0) is 41.0. The van der Waals surface area contributed by atoms with E-state index in [2.05, 4.69) is 241 Å². The number of benzene rings is 11. The van der Waals surface area contributed by atoms with Crippen molar-refractivity contribution in [2.24, 2.45) is 0 Å². The van der Waals surface area contributed by atoms with Gasteiger partial charge in [-0.3, -0.25) is 0 Å². The van der Waals surface area contributed by atoms with Crippen molar-refractivity contribution in [2.45, 2.75) is 0 Å². The lowest BCUT2D eigenvalue weighted by atomic mass is 9.92. The maximum atomic E-state index is 7.12. The van der Waals surface area contributed by atoms with E-state index in [1.165, 1.54) is 48.8 Å². The standard InChI is InChI=1S/C60H39NO/c1-3-15-40(16-4-1)41-31-33-48(34-32-41)61(50-35-36-52-46(39-50)30-29-42-17-7-8-24-51(42)52)49-23-14-21-45(38-49)44-20-13-22-47(37-44)59-57(43-18-5-2-6-19-43)58-55-27-11-9-25-53(55)54-26-10-12-28-56(54)60(58)62-59/h1-39H. The monoisotopic (exact) mass is 789 g/mol. The highest BCUT2D eigenvalue weighted by Crippen LogP contribution is 2.48. The van der Waals surface area contributed by atoms with Crippen molar-refractivity contribution in [1.29, 1.82) is 0 Å². The molecular formula is C60H39NO. The first-order valence-electron chi connectivity index (χ1n) is 21.2. The van der Waals surface area contributed by atoms with E-state index in [0.717, 1.165) is 67.0 Å². The molecule has 1 aromatic heterocycles. The molecule has 290 valence electrons. The Morgan fingerprint density at radius 1 is 0.274 bits per heavy atom. The summed E-state index contributed by atoms with van der Waals surface area (Å²) in [6.45, 7) is 0. The second kappa shape index (κ2) is 14.8. The van der Waals surface area contributed by atoms with Gasteiger partial charge < -0.3 is 9.32 Å². The van der Waals surface area contributed by atoms with Crippen LogP contribution in [0.5, 0.6) is 0 Å². The smallest absolute Gasteiger partial charge is 0.143 e. The summed E-state index contributed by atoms with van der Waals surface area (Å²) < 4.78 is 7.12. The average molecular weight is 790 g/mol. The van der Waals surface area contributed by atoms with Crippen LogP contribution in [0.2, 0.25) is 0 Å². The molecule has 0 aliphatic rings. The Labute approximate surface area is 360 Å². The van der Waals surface area contributed by atoms with Crippen LogP contribution in [-0.4, -0.2) is 0 Å². The number of hydrogen-bond donors (Lipinski definition) is 0. The number of hydrogen-bond acceptors (Lipinski definition) is 2. The highest BCUT2D eigenvalue weighted by atomic mass is 16.3. The third kappa shape index (κ3) is 6.04. The largest absolute Gasteiger partial charge is 0.455 e. The van der Waals surface area contributed by atoms with Crippen molar-refractivity contribution < 1.29 is 4.42 Å². The van der Waals surface area contributed by atoms with Gasteiger partial charge in [0.2, 0.25) is 0 Å². The lowest BCUT2D eigenvalue weighted by Gasteiger charge is -2.27. The highest BCUT2D eigenvalue weighted by molar-refractivity contribution is 6.28. The fraction of sp³-hybridized carbons (Fsp3) is 0. The molecule has 0 radical (unpaired) electrons. The Morgan fingerprint density at radius 3 is 1.56 bits per heavy atom. The number of nitrogens with zero attached hydrogens (tertiary/aromatic N) is 1. The van der Waals surface area contributed by atoms with Crippen LogP contribution in [-0.2, 0) is 0 Å². The van der Waals surface area contributed by atoms with Crippen LogP contribution in [0.3, 0.4) is 0 Å². The van der Waals surface area contributed by atoms with Gasteiger partial charge >= 0.3 is 0 Å². The maximum Gasteiger partial charge on any atom is 0.143 e. The summed E-state index contributed by atoms with van der Waals surface area (Å²) in [5, 5.41) is 10.8. The van der Waals surface area contributed by atoms with Gasteiger partial charge in [-0.25, -0.2) is 0 Å². The summed E-state index contributed by atoms with van der Waals surface area (Å²) in [4.78, 5) is 2.37. The molecule has 0 saturated carbocycles. The molecule has 2 nitrogen and oxygen atoms in total. The molecule has 0 bridgehead atoms. The van der Waals surface area contributed by atoms with E-state index in [9.17, 15) is 0 Å². The Bertz CT molecular complexity index is 3620. The topological polar surface area (TPSA) is 16.4 Å². The fourth-order valence-corrected chi connectivity index (χ4v) is 9.50. The van der Waals surface area contributed by atoms with Gasteiger partial charge in [0, 0.05) is 39.0 Å². The molecule has 0 spiro atoms. The van der Waals surface area contributed by atoms with E-state index in [1.54, 1.807) is 0 Å². The molecule has 1 heterocycles. The first kappa shape index (κ1) is 35.7. The summed E-state index contributed by atoms with van der Waals surface area (Å²) in [5.74, 6) is 0.870. The van der Waals surface area contributed by atoms with Crippen LogP contribution in [0.4, 0.5) is 17.1 Å². The lowest BCUT2D eigenvalue weighted by molar-refractivity contribution is 0.636. The van der Waals surface area contributed by atoms with E-state index in [-0.39, 0.29) is 0 Å². The SMILES string of the molecule is c1ccc(-c2ccc(N(c3cccc(-c4cccc(-c5oc6c7ccccc7c7ccccc7c6c5-c5ccccc5)c4)c3)c3ccc4c(ccc5ccccc54)c3)cc2)cc1. The molecule has 0 saturated heterocycles. The van der Waals surface area contributed by atoms with E-state index < -0.39 is 0 Å². The minimum Gasteiger partial charge on any atom is -0.455 e. The third-order valence-corrected chi connectivity index (χ3v) is 12.4. The summed E-state index contributed by atoms with van der Waals surface area (Å²) in [7, 11) is 0. The van der Waals surface area contributed by atoms with Gasteiger partial charge in [-0.15, -0.1) is 0 Å². The summed E-state index contributed by atoms with van der Waals surface area (Å²) in [6.07, 6.45) is 0. The van der Waals surface area contributed by atoms with Crippen LogP contribution >= 0.6 is 0 Å². The van der Waals surface area contributed by atoms with Crippen molar-refractivity contribution in [3.63, 3.8) is 0 Å². The molecular weight excluding hydrogens is 751 g/mol. The number of fused-ring (bicyclic) bond motifs is 9. The first-order valence-corrected chi connectivity index (χ1v) is 21.2. The van der Waals surface area contributed by atoms with Gasteiger partial charge in [-0.1, -0.05) is 194 Å². The predicted molar refractivity (Wildman–Crippen MR) is 263 cm³/mol. The average Bonchev–Trinajstić information content (AvgIpc) is 3.77. The molecule has 0 unspecified atom stereocenters. The zero-order valence-corrected chi connectivity index (χ0v) is 33.9. The van der Waals surface area contributed by atoms with Gasteiger partial charge in [0.1, 0.15) is 11.3 Å². The Hall–Kier alpha value is -8.20. The summed E-state index contributed by atoms with van der Waals surface area (Å²) in [6, 6.07) is 85.2. The van der Waals surface area contributed by atoms with Crippen LogP contribution in [0.25, 0.3) is 98.8 Å². The van der Waals surface area contributed by atoms with Crippen LogP contribution in [0, 0.1) is 0 Å². The molecule has 0 amide bonds. The minimum absolute atomic E-state index is 0.870. The van der Waals surface area contributed by atoms with Gasteiger partial charge in [0.15, 0.2) is 0 Å². The normalized spacial score (nSPS) is 11.5. The van der Waals surface area contributed by atoms with Crippen LogP contribution < -0.4 is 4.90 Å². The molecule has 12 aromatic rings. The summed E-state index contributed by atoms with van der Waals surface area (Å²) >= 11 is 0. The molecule has 0 aliphatic carbocycles. The lowest BCUT2D eigenvalue weighted by Crippen LogP contribution is -2.10. The molecule has 0 atom stereocenters. The zero-order valence-electron chi connectivity index (χ0n) is 33.9. The first-order chi connectivity index (χ1) is 30.7.